The van der Waals surface area contributed by atoms with Crippen LogP contribution in [0.15, 0.2) is 48.8 Å². The van der Waals surface area contributed by atoms with Gasteiger partial charge in [-0.15, -0.1) is 10.1 Å². The monoisotopic (exact) mass is 398 g/mol. The number of hydrazone groups is 1. The summed E-state index contributed by atoms with van der Waals surface area (Å²) in [6.07, 6.45) is 9.90. The van der Waals surface area contributed by atoms with Crippen LogP contribution >= 0.6 is 12.2 Å². The number of pyridine rings is 2. The third-order valence-corrected chi connectivity index (χ3v) is 5.24. The molecule has 0 radical (unpaired) electrons. The standard InChI is InChI=1S/C20H25N5S.C2H6/c1-24(16-10-4-3-5-11-16)20(26)23-25(2)19(17-12-6-8-14-21-17)18-13-7-9-15-22-18;1-2/h6-9,12-16H,3-5,10-11H2,1-2H3;1-2H3/p+1. The molecule has 0 saturated heterocycles. The summed E-state index contributed by atoms with van der Waals surface area (Å²) in [7, 11) is 4.04. The second-order valence-corrected chi connectivity index (χ2v) is 7.04. The van der Waals surface area contributed by atoms with Crippen molar-refractivity contribution in [3.05, 3.63) is 60.2 Å². The number of nitrogens with one attached hydrogen (secondary N) is 1. The molecule has 6 heteroatoms. The topological polar surface area (TPSA) is 44.1 Å². The van der Waals surface area contributed by atoms with E-state index in [1.807, 2.05) is 62.0 Å². The van der Waals surface area contributed by atoms with Gasteiger partial charge in [0.05, 0.1) is 0 Å². The third-order valence-electron chi connectivity index (χ3n) is 4.86. The zero-order chi connectivity index (χ0) is 20.4. The van der Waals surface area contributed by atoms with Crippen LogP contribution in [0.25, 0.3) is 0 Å². The first-order valence-electron chi connectivity index (χ1n) is 10.1. The lowest BCUT2D eigenvalue weighted by molar-refractivity contribution is -0.541. The van der Waals surface area contributed by atoms with Crippen LogP contribution in [-0.2, 0) is 0 Å². The summed E-state index contributed by atoms with van der Waals surface area (Å²) in [6, 6.07) is 12.3. The van der Waals surface area contributed by atoms with Crippen LogP contribution in [0, 0.1) is 0 Å². The SMILES string of the molecule is CC.CN(C(=S)N[N+](C)=C(c1ccccn1)c1ccccn1)C1CCCCC1. The van der Waals surface area contributed by atoms with Gasteiger partial charge in [0.25, 0.3) is 5.71 Å². The Bertz CT molecular complexity index is 714. The molecule has 0 aromatic carbocycles. The first-order chi connectivity index (χ1) is 13.7. The molecule has 0 bridgehead atoms. The highest BCUT2D eigenvalue weighted by atomic mass is 32.1. The lowest BCUT2D eigenvalue weighted by Crippen LogP contribution is -2.48. The Morgan fingerprint density at radius 1 is 1.00 bits per heavy atom. The first-order valence-corrected chi connectivity index (χ1v) is 10.5. The summed E-state index contributed by atoms with van der Waals surface area (Å²) in [5.41, 5.74) is 5.94. The number of rotatable bonds is 4. The fraction of sp³-hybridized carbons (Fsp3) is 0.455. The van der Waals surface area contributed by atoms with E-state index in [1.54, 1.807) is 12.4 Å². The van der Waals surface area contributed by atoms with Crippen molar-refractivity contribution in [2.75, 3.05) is 14.1 Å². The fourth-order valence-corrected chi connectivity index (χ4v) is 3.68. The minimum atomic E-state index is 0.519. The summed E-state index contributed by atoms with van der Waals surface area (Å²) in [6.45, 7) is 4.00. The van der Waals surface area contributed by atoms with Crippen LogP contribution < -0.4 is 5.43 Å². The molecular formula is C22H32N5S+. The van der Waals surface area contributed by atoms with E-state index in [-0.39, 0.29) is 0 Å². The van der Waals surface area contributed by atoms with Crippen LogP contribution in [0.3, 0.4) is 0 Å². The van der Waals surface area contributed by atoms with E-state index >= 15 is 0 Å². The van der Waals surface area contributed by atoms with Gasteiger partial charge in [-0.05, 0) is 49.3 Å². The molecule has 5 nitrogen and oxygen atoms in total. The average Bonchev–Trinajstić information content (AvgIpc) is 2.77. The zero-order valence-electron chi connectivity index (χ0n) is 17.4. The van der Waals surface area contributed by atoms with E-state index in [0.29, 0.717) is 6.04 Å². The van der Waals surface area contributed by atoms with Crippen LogP contribution in [0.5, 0.6) is 0 Å². The van der Waals surface area contributed by atoms with Crippen LogP contribution in [0.1, 0.15) is 57.3 Å². The van der Waals surface area contributed by atoms with Crippen molar-refractivity contribution in [3.8, 4) is 0 Å². The number of thiocarbonyl (C=S) groups is 1. The maximum atomic E-state index is 5.67. The number of hydrogen-bond donors (Lipinski definition) is 1. The highest BCUT2D eigenvalue weighted by Crippen LogP contribution is 2.21. The van der Waals surface area contributed by atoms with Gasteiger partial charge in [0.1, 0.15) is 11.4 Å². The molecule has 1 fully saturated rings. The van der Waals surface area contributed by atoms with Crippen molar-refractivity contribution < 1.29 is 4.68 Å². The van der Waals surface area contributed by atoms with E-state index in [9.17, 15) is 0 Å². The van der Waals surface area contributed by atoms with E-state index < -0.39 is 0 Å². The quantitative estimate of drug-likeness (QED) is 0.364. The van der Waals surface area contributed by atoms with E-state index in [1.165, 1.54) is 32.1 Å². The molecule has 150 valence electrons. The second-order valence-electron chi connectivity index (χ2n) is 6.66. The second kappa shape index (κ2) is 11.5. The normalized spacial score (nSPS) is 13.7. The van der Waals surface area contributed by atoms with Gasteiger partial charge in [0, 0.05) is 25.5 Å². The largest absolute Gasteiger partial charge is 0.345 e. The molecule has 1 saturated carbocycles. The van der Waals surface area contributed by atoms with Gasteiger partial charge in [-0.2, -0.15) is 0 Å². The van der Waals surface area contributed by atoms with Crippen LogP contribution in [0.2, 0.25) is 0 Å². The zero-order valence-corrected chi connectivity index (χ0v) is 18.2. The van der Waals surface area contributed by atoms with Crippen LogP contribution in [0.4, 0.5) is 0 Å². The highest BCUT2D eigenvalue weighted by molar-refractivity contribution is 7.80. The smallest absolute Gasteiger partial charge is 0.280 e. The Balaban J connectivity index is 0.00000136. The fourth-order valence-electron chi connectivity index (χ4n) is 3.39. The Kier molecular flexibility index (Phi) is 9.01. The third kappa shape index (κ3) is 5.83. The van der Waals surface area contributed by atoms with Crippen molar-refractivity contribution in [3.63, 3.8) is 0 Å². The molecule has 28 heavy (non-hydrogen) atoms. The Morgan fingerprint density at radius 3 is 2.00 bits per heavy atom. The molecule has 1 aliphatic carbocycles. The molecule has 1 aliphatic rings. The molecule has 0 unspecified atom stereocenters. The molecule has 2 aromatic heterocycles. The summed E-state index contributed by atoms with van der Waals surface area (Å²) < 4.78 is 1.92. The van der Waals surface area contributed by atoms with Crippen molar-refractivity contribution in [2.24, 2.45) is 0 Å². The van der Waals surface area contributed by atoms with Crippen molar-refractivity contribution >= 4 is 23.0 Å². The molecular weight excluding hydrogens is 366 g/mol. The molecule has 0 amide bonds. The lowest BCUT2D eigenvalue weighted by atomic mass is 9.95. The molecule has 2 heterocycles. The van der Waals surface area contributed by atoms with Gasteiger partial charge < -0.3 is 4.90 Å². The molecule has 0 aliphatic heterocycles. The molecule has 0 atom stereocenters. The van der Waals surface area contributed by atoms with E-state index in [0.717, 1.165) is 22.2 Å². The van der Waals surface area contributed by atoms with Gasteiger partial charge >= 0.3 is 0 Å². The van der Waals surface area contributed by atoms with Gasteiger partial charge in [0.2, 0.25) is 5.11 Å². The van der Waals surface area contributed by atoms with Gasteiger partial charge in [-0.25, -0.2) is 9.97 Å². The van der Waals surface area contributed by atoms with Gasteiger partial charge in [-0.1, -0.05) is 45.2 Å². The predicted molar refractivity (Wildman–Crippen MR) is 120 cm³/mol. The minimum absolute atomic E-state index is 0.519. The van der Waals surface area contributed by atoms with Gasteiger partial charge in [0.15, 0.2) is 7.05 Å². The Hall–Kier alpha value is -2.34. The number of nitrogens with zero attached hydrogens (tertiary/aromatic N) is 4. The Morgan fingerprint density at radius 2 is 1.54 bits per heavy atom. The minimum Gasteiger partial charge on any atom is -0.345 e. The number of hydrogen-bond acceptors (Lipinski definition) is 3. The maximum absolute atomic E-state index is 5.67. The number of aromatic nitrogens is 2. The van der Waals surface area contributed by atoms with Crippen molar-refractivity contribution in [2.45, 2.75) is 52.0 Å². The summed E-state index contributed by atoms with van der Waals surface area (Å²) >= 11 is 5.67. The van der Waals surface area contributed by atoms with E-state index in [2.05, 4.69) is 27.3 Å². The van der Waals surface area contributed by atoms with Crippen molar-refractivity contribution in [1.29, 1.82) is 0 Å². The van der Waals surface area contributed by atoms with Crippen molar-refractivity contribution in [1.82, 2.24) is 20.3 Å². The Labute approximate surface area is 174 Å². The van der Waals surface area contributed by atoms with Gasteiger partial charge in [-0.3, -0.25) is 0 Å². The highest BCUT2D eigenvalue weighted by Gasteiger charge is 2.24. The summed E-state index contributed by atoms with van der Waals surface area (Å²) in [5, 5.41) is 0.726. The molecule has 3 rings (SSSR count). The molecule has 0 spiro atoms. The van der Waals surface area contributed by atoms with E-state index in [4.69, 9.17) is 12.2 Å². The lowest BCUT2D eigenvalue weighted by Gasteiger charge is -2.32. The first kappa shape index (κ1) is 22.0. The average molecular weight is 399 g/mol. The maximum Gasteiger partial charge on any atom is 0.280 e. The summed E-state index contributed by atoms with van der Waals surface area (Å²) in [5.74, 6) is 0. The molecule has 1 N–H and O–H groups in total. The van der Waals surface area contributed by atoms with Crippen LogP contribution in [-0.4, -0.2) is 50.5 Å². The predicted octanol–water partition coefficient (Wildman–Crippen LogP) is 4.04. The number of hydrazine groups is 1. The summed E-state index contributed by atoms with van der Waals surface area (Å²) in [4.78, 5) is 11.2. The molecule has 2 aromatic rings.